The first-order valence-corrected chi connectivity index (χ1v) is 6.66. The zero-order valence-corrected chi connectivity index (χ0v) is 13.7. The van der Waals surface area contributed by atoms with Crippen molar-refractivity contribution >= 4 is 30.5 Å². The lowest BCUT2D eigenvalue weighted by Gasteiger charge is -2.34. The molecule has 0 aliphatic carbocycles. The molecule has 1 aromatic carbocycles. The van der Waals surface area contributed by atoms with Crippen LogP contribution in [0.1, 0.15) is 18.0 Å². The van der Waals surface area contributed by atoms with Gasteiger partial charge in [-0.3, -0.25) is 15.0 Å². The first-order valence-electron chi connectivity index (χ1n) is 6.66. The highest BCUT2D eigenvalue weighted by atomic mass is 35.5. The number of piperazine rings is 1. The van der Waals surface area contributed by atoms with Gasteiger partial charge in [-0.15, -0.1) is 31.4 Å². The highest BCUT2D eigenvalue weighted by molar-refractivity contribution is 5.85. The van der Waals surface area contributed by atoms with Crippen LogP contribution in [0.3, 0.4) is 0 Å². The molecule has 1 aliphatic rings. The summed E-state index contributed by atoms with van der Waals surface area (Å²) in [7, 11) is 0. The summed E-state index contributed by atoms with van der Waals surface area (Å²) in [5.41, 5.74) is 0.602. The predicted molar refractivity (Wildman–Crippen MR) is 91.3 cm³/mol. The van der Waals surface area contributed by atoms with Gasteiger partial charge in [0.1, 0.15) is 5.75 Å². The Kier molecular flexibility index (Phi) is 9.04. The SMILES string of the molecule is C=CC[C@@H](c1cc(O)ccc1[N+](=O)[O-])N1CCNCC1.Cl.Cl. The average molecular weight is 350 g/mol. The average Bonchev–Trinajstić information content (AvgIpc) is 2.45. The van der Waals surface area contributed by atoms with Gasteiger partial charge >= 0.3 is 0 Å². The quantitative estimate of drug-likeness (QED) is 0.485. The number of nitrogens with zero attached hydrogens (tertiary/aromatic N) is 2. The van der Waals surface area contributed by atoms with Crippen LogP contribution in [-0.4, -0.2) is 41.1 Å². The van der Waals surface area contributed by atoms with Gasteiger partial charge in [0.05, 0.1) is 10.5 Å². The van der Waals surface area contributed by atoms with E-state index in [1.165, 1.54) is 18.2 Å². The van der Waals surface area contributed by atoms with Crippen molar-refractivity contribution in [2.75, 3.05) is 26.2 Å². The molecule has 1 fully saturated rings. The molecule has 2 rings (SSSR count). The van der Waals surface area contributed by atoms with E-state index in [0.29, 0.717) is 12.0 Å². The van der Waals surface area contributed by atoms with Crippen LogP contribution in [0.25, 0.3) is 0 Å². The number of rotatable bonds is 5. The minimum atomic E-state index is -0.396. The van der Waals surface area contributed by atoms with Crippen molar-refractivity contribution in [2.45, 2.75) is 12.5 Å². The molecule has 1 aromatic rings. The number of halogens is 2. The van der Waals surface area contributed by atoms with Crippen molar-refractivity contribution < 1.29 is 10.0 Å². The fourth-order valence-electron chi connectivity index (χ4n) is 2.60. The second kappa shape index (κ2) is 9.63. The van der Waals surface area contributed by atoms with E-state index < -0.39 is 4.92 Å². The smallest absolute Gasteiger partial charge is 0.274 e. The number of hydrogen-bond acceptors (Lipinski definition) is 5. The molecule has 0 spiro atoms. The Bertz CT molecular complexity index is 508. The van der Waals surface area contributed by atoms with Crippen LogP contribution in [0.5, 0.6) is 5.75 Å². The van der Waals surface area contributed by atoms with Crippen molar-refractivity contribution in [3.63, 3.8) is 0 Å². The van der Waals surface area contributed by atoms with Gasteiger partial charge in [0.25, 0.3) is 5.69 Å². The van der Waals surface area contributed by atoms with E-state index in [4.69, 9.17) is 0 Å². The van der Waals surface area contributed by atoms with Gasteiger partial charge in [0, 0.05) is 38.3 Å². The Morgan fingerprint density at radius 3 is 2.59 bits per heavy atom. The maximum absolute atomic E-state index is 11.2. The molecule has 2 N–H and O–H groups in total. The summed E-state index contributed by atoms with van der Waals surface area (Å²) in [6.45, 7) is 7.12. The second-order valence-electron chi connectivity index (χ2n) is 4.83. The maximum atomic E-state index is 11.2. The van der Waals surface area contributed by atoms with E-state index >= 15 is 0 Å². The topological polar surface area (TPSA) is 78.6 Å². The van der Waals surface area contributed by atoms with Gasteiger partial charge in [-0.05, 0) is 18.6 Å². The number of nitro benzene ring substituents is 1. The van der Waals surface area contributed by atoms with Crippen molar-refractivity contribution in [1.82, 2.24) is 10.2 Å². The number of phenols is 1. The largest absolute Gasteiger partial charge is 0.508 e. The number of nitrogens with one attached hydrogen (secondary N) is 1. The Hall–Kier alpha value is -1.34. The zero-order chi connectivity index (χ0) is 14.5. The highest BCUT2D eigenvalue weighted by Gasteiger charge is 2.27. The Morgan fingerprint density at radius 1 is 1.41 bits per heavy atom. The van der Waals surface area contributed by atoms with E-state index in [1.54, 1.807) is 6.08 Å². The lowest BCUT2D eigenvalue weighted by Crippen LogP contribution is -2.45. The van der Waals surface area contributed by atoms with Crippen LogP contribution in [0.15, 0.2) is 30.9 Å². The van der Waals surface area contributed by atoms with Crippen LogP contribution >= 0.6 is 24.8 Å². The molecule has 0 aromatic heterocycles. The van der Waals surface area contributed by atoms with Crippen molar-refractivity contribution in [1.29, 1.82) is 0 Å². The van der Waals surface area contributed by atoms with E-state index in [2.05, 4.69) is 16.8 Å². The second-order valence-corrected chi connectivity index (χ2v) is 4.83. The molecule has 8 heteroatoms. The van der Waals surface area contributed by atoms with Crippen molar-refractivity contribution in [2.24, 2.45) is 0 Å². The summed E-state index contributed by atoms with van der Waals surface area (Å²) in [5.74, 6) is 0.0507. The molecule has 1 aliphatic heterocycles. The number of hydrogen-bond donors (Lipinski definition) is 2. The van der Waals surface area contributed by atoms with Crippen molar-refractivity contribution in [3.8, 4) is 5.75 Å². The summed E-state index contributed by atoms with van der Waals surface area (Å²) in [5, 5.41) is 24.1. The molecule has 0 saturated carbocycles. The summed E-state index contributed by atoms with van der Waals surface area (Å²) < 4.78 is 0. The molecule has 22 heavy (non-hydrogen) atoms. The number of aromatic hydroxyl groups is 1. The maximum Gasteiger partial charge on any atom is 0.274 e. The van der Waals surface area contributed by atoms with E-state index in [0.717, 1.165) is 26.2 Å². The number of phenolic OH excluding ortho intramolecular Hbond substituents is 1. The van der Waals surface area contributed by atoms with Crippen LogP contribution in [-0.2, 0) is 0 Å². The summed E-state index contributed by atoms with van der Waals surface area (Å²) in [6, 6.07) is 4.09. The molecule has 0 radical (unpaired) electrons. The first kappa shape index (κ1) is 20.7. The fourth-order valence-corrected chi connectivity index (χ4v) is 2.60. The van der Waals surface area contributed by atoms with E-state index in [-0.39, 0.29) is 42.3 Å². The number of nitro groups is 1. The molecular weight excluding hydrogens is 329 g/mol. The molecule has 6 nitrogen and oxygen atoms in total. The lowest BCUT2D eigenvalue weighted by molar-refractivity contribution is -0.386. The molecule has 1 heterocycles. The Morgan fingerprint density at radius 2 is 2.05 bits per heavy atom. The third-order valence-electron chi connectivity index (χ3n) is 3.55. The molecule has 0 unspecified atom stereocenters. The van der Waals surface area contributed by atoms with Gasteiger partial charge in [0.15, 0.2) is 0 Å². The molecule has 0 bridgehead atoms. The van der Waals surface area contributed by atoms with Crippen LogP contribution in [0, 0.1) is 10.1 Å². The summed E-state index contributed by atoms with van der Waals surface area (Å²) >= 11 is 0. The monoisotopic (exact) mass is 349 g/mol. The lowest BCUT2D eigenvalue weighted by atomic mass is 9.99. The van der Waals surface area contributed by atoms with E-state index in [1.807, 2.05) is 0 Å². The van der Waals surface area contributed by atoms with Gasteiger partial charge < -0.3 is 10.4 Å². The summed E-state index contributed by atoms with van der Waals surface area (Å²) in [4.78, 5) is 13.0. The zero-order valence-electron chi connectivity index (χ0n) is 12.1. The minimum Gasteiger partial charge on any atom is -0.508 e. The van der Waals surface area contributed by atoms with Crippen LogP contribution < -0.4 is 5.32 Å². The standard InChI is InChI=1S/C14H19N3O3.2ClH/c1-2-3-13(16-8-6-15-7-9-16)12-10-11(18)4-5-14(12)17(19)20;;/h2,4-5,10,13,15,18H,1,3,6-9H2;2*1H/t13-;;/m0../s1. The normalized spacial score (nSPS) is 16.0. The molecule has 1 saturated heterocycles. The van der Waals surface area contributed by atoms with Gasteiger partial charge in [-0.1, -0.05) is 6.08 Å². The highest BCUT2D eigenvalue weighted by Crippen LogP contribution is 2.34. The van der Waals surface area contributed by atoms with Crippen LogP contribution in [0.4, 0.5) is 5.69 Å². The molecule has 124 valence electrons. The fraction of sp³-hybridized carbons (Fsp3) is 0.429. The molecule has 1 atom stereocenters. The van der Waals surface area contributed by atoms with Gasteiger partial charge in [0.2, 0.25) is 0 Å². The van der Waals surface area contributed by atoms with Crippen LogP contribution in [0.2, 0.25) is 0 Å². The number of benzene rings is 1. The summed E-state index contributed by atoms with van der Waals surface area (Å²) in [6.07, 6.45) is 2.38. The molecular formula is C14H21Cl2N3O3. The minimum absolute atomic E-state index is 0. The third kappa shape index (κ3) is 4.84. The van der Waals surface area contributed by atoms with Gasteiger partial charge in [-0.2, -0.15) is 0 Å². The predicted octanol–water partition coefficient (Wildman–Crippen LogP) is 2.67. The Labute approximate surface area is 142 Å². The van der Waals surface area contributed by atoms with Crippen molar-refractivity contribution in [3.05, 3.63) is 46.5 Å². The first-order chi connectivity index (χ1) is 9.63. The van der Waals surface area contributed by atoms with Gasteiger partial charge in [-0.25, -0.2) is 0 Å². The molecule has 0 amide bonds. The third-order valence-corrected chi connectivity index (χ3v) is 3.55. The van der Waals surface area contributed by atoms with E-state index in [9.17, 15) is 15.2 Å². The Balaban J connectivity index is 0.00000220.